The number of carbonyl (C=O) groups excluding carboxylic acids is 1. The lowest BCUT2D eigenvalue weighted by molar-refractivity contribution is -0.135. The smallest absolute Gasteiger partial charge is 0.308 e. The van der Waals surface area contributed by atoms with Gasteiger partial charge in [-0.05, 0) is 60.9 Å². The third-order valence-corrected chi connectivity index (χ3v) is 7.81. The van der Waals surface area contributed by atoms with Gasteiger partial charge < -0.3 is 4.90 Å². The van der Waals surface area contributed by atoms with Crippen molar-refractivity contribution in [3.05, 3.63) is 53.6 Å². The van der Waals surface area contributed by atoms with E-state index >= 15 is 0 Å². The Bertz CT molecular complexity index is 1100. The minimum Gasteiger partial charge on any atom is -0.308 e. The van der Waals surface area contributed by atoms with Crippen LogP contribution in [0.1, 0.15) is 41.6 Å². The summed E-state index contributed by atoms with van der Waals surface area (Å²) >= 11 is 1.60. The van der Waals surface area contributed by atoms with Crippen molar-refractivity contribution >= 4 is 39.1 Å². The molecular weight excluding hydrogens is 473 g/mol. The van der Waals surface area contributed by atoms with Gasteiger partial charge in [0, 0.05) is 30.6 Å². The van der Waals surface area contributed by atoms with Crippen LogP contribution in [-0.4, -0.2) is 46.1 Å². The average Bonchev–Trinajstić information content (AvgIpc) is 3.17. The van der Waals surface area contributed by atoms with Crippen LogP contribution < -0.4 is 9.21 Å². The zero-order chi connectivity index (χ0) is 24.2. The van der Waals surface area contributed by atoms with Gasteiger partial charge >= 0.3 is 6.18 Å². The molecule has 0 fully saturated rings. The predicted octanol–water partition coefficient (Wildman–Crippen LogP) is 5.50. The molecule has 33 heavy (non-hydrogen) atoms. The maximum Gasteiger partial charge on any atom is 0.389 e. The minimum absolute atomic E-state index is 0.154. The van der Waals surface area contributed by atoms with Crippen LogP contribution in [0.25, 0.3) is 0 Å². The molecule has 3 rings (SSSR count). The number of hydrogen-bond donors (Lipinski definition) is 0. The number of unbranched alkanes of at least 4 members (excludes halogenated alkanes) is 2. The monoisotopic (exact) mass is 500 g/mol. The Kier molecular flexibility index (Phi) is 8.00. The Morgan fingerprint density at radius 3 is 2.55 bits per heavy atom. The largest absolute Gasteiger partial charge is 0.389 e. The molecule has 0 bridgehead atoms. The molecule has 0 spiro atoms. The van der Waals surface area contributed by atoms with Gasteiger partial charge in [-0.15, -0.1) is 11.8 Å². The molecule has 0 N–H and O–H groups in total. The molecule has 2 aromatic carbocycles. The molecule has 0 saturated carbocycles. The second-order valence-corrected chi connectivity index (χ2v) is 11.2. The normalized spacial score (nSPS) is 13.8. The number of benzene rings is 2. The Balaban J connectivity index is 1.65. The number of nitrogens with zero attached hydrogens (tertiary/aromatic N) is 2. The number of halogens is 3. The Labute approximate surface area is 197 Å². The first-order chi connectivity index (χ1) is 15.5. The summed E-state index contributed by atoms with van der Waals surface area (Å²) < 4.78 is 61.7. The molecule has 180 valence electrons. The highest BCUT2D eigenvalue weighted by Crippen LogP contribution is 2.35. The van der Waals surface area contributed by atoms with Crippen molar-refractivity contribution in [2.75, 3.05) is 34.8 Å². The van der Waals surface area contributed by atoms with E-state index in [9.17, 15) is 26.4 Å². The fourth-order valence-electron chi connectivity index (χ4n) is 3.73. The van der Waals surface area contributed by atoms with Crippen molar-refractivity contribution in [2.45, 2.75) is 43.2 Å². The van der Waals surface area contributed by atoms with E-state index in [-0.39, 0.29) is 12.3 Å². The minimum atomic E-state index is -4.09. The summed E-state index contributed by atoms with van der Waals surface area (Å²) in [7, 11) is -2.10. The van der Waals surface area contributed by atoms with Crippen LogP contribution in [0.15, 0.2) is 47.4 Å². The summed E-state index contributed by atoms with van der Waals surface area (Å²) in [6.07, 6.45) is -1.63. The van der Waals surface area contributed by atoms with Crippen LogP contribution in [0, 0.1) is 0 Å². The lowest BCUT2D eigenvalue weighted by atomic mass is 10.1. The number of anilines is 2. The highest BCUT2D eigenvalue weighted by molar-refractivity contribution is 7.99. The van der Waals surface area contributed by atoms with E-state index in [1.54, 1.807) is 40.9 Å². The zero-order valence-electron chi connectivity index (χ0n) is 18.6. The van der Waals surface area contributed by atoms with E-state index in [4.69, 9.17) is 0 Å². The second-order valence-electron chi connectivity index (χ2n) is 8.02. The number of thioether (sulfide) groups is 1. The van der Waals surface area contributed by atoms with E-state index in [2.05, 4.69) is 0 Å². The lowest BCUT2D eigenvalue weighted by Crippen LogP contribution is -2.32. The molecule has 1 heterocycles. The molecule has 0 unspecified atom stereocenters. The first-order valence-electron chi connectivity index (χ1n) is 10.6. The van der Waals surface area contributed by atoms with Crippen LogP contribution in [0.4, 0.5) is 24.5 Å². The first-order valence-corrected chi connectivity index (χ1v) is 13.5. The molecule has 10 heteroatoms. The van der Waals surface area contributed by atoms with E-state index in [0.717, 1.165) is 32.5 Å². The third-order valence-electron chi connectivity index (χ3n) is 5.54. The second kappa shape index (κ2) is 10.4. The van der Waals surface area contributed by atoms with Gasteiger partial charge in [-0.1, -0.05) is 18.6 Å². The molecule has 1 amide bonds. The number of sulfonamides is 1. The summed E-state index contributed by atoms with van der Waals surface area (Å²) in [6.45, 7) is 0.497. The van der Waals surface area contributed by atoms with Gasteiger partial charge in [-0.25, -0.2) is 8.42 Å². The molecule has 5 nitrogen and oxygen atoms in total. The van der Waals surface area contributed by atoms with Crippen LogP contribution in [0.5, 0.6) is 0 Å². The maximum absolute atomic E-state index is 13.3. The van der Waals surface area contributed by atoms with Gasteiger partial charge in [-0.2, -0.15) is 13.2 Å². The van der Waals surface area contributed by atoms with Crippen molar-refractivity contribution in [2.24, 2.45) is 0 Å². The summed E-state index contributed by atoms with van der Waals surface area (Å²) in [4.78, 5) is 16.0. The quantitative estimate of drug-likeness (QED) is 0.337. The topological polar surface area (TPSA) is 57.7 Å². The van der Waals surface area contributed by atoms with Crippen LogP contribution in [-0.2, 0) is 16.4 Å². The number of carbonyl (C=O) groups is 1. The highest BCUT2D eigenvalue weighted by atomic mass is 32.2. The van der Waals surface area contributed by atoms with Crippen molar-refractivity contribution in [3.8, 4) is 0 Å². The van der Waals surface area contributed by atoms with E-state index in [1.165, 1.54) is 7.05 Å². The molecule has 0 radical (unpaired) electrons. The highest BCUT2D eigenvalue weighted by Gasteiger charge is 2.29. The van der Waals surface area contributed by atoms with Crippen molar-refractivity contribution in [1.29, 1.82) is 0 Å². The van der Waals surface area contributed by atoms with Crippen molar-refractivity contribution in [1.82, 2.24) is 0 Å². The zero-order valence-corrected chi connectivity index (χ0v) is 20.2. The predicted molar refractivity (Wildman–Crippen MR) is 127 cm³/mol. The lowest BCUT2D eigenvalue weighted by Gasteiger charge is -2.23. The number of fused-ring (bicyclic) bond motifs is 1. The Morgan fingerprint density at radius 2 is 1.85 bits per heavy atom. The number of rotatable bonds is 9. The van der Waals surface area contributed by atoms with Gasteiger partial charge in [0.1, 0.15) is 0 Å². The van der Waals surface area contributed by atoms with E-state index < -0.39 is 22.6 Å². The molecule has 0 saturated heterocycles. The average molecular weight is 501 g/mol. The summed E-state index contributed by atoms with van der Waals surface area (Å²) in [5.41, 5.74) is 2.47. The molecule has 1 aliphatic rings. The maximum atomic E-state index is 13.3. The first kappa shape index (κ1) is 25.4. The van der Waals surface area contributed by atoms with Gasteiger partial charge in [0.2, 0.25) is 10.0 Å². The fourth-order valence-corrected chi connectivity index (χ4v) is 5.22. The summed E-state index contributed by atoms with van der Waals surface area (Å²) in [5, 5.41) is 0. The van der Waals surface area contributed by atoms with E-state index in [0.29, 0.717) is 37.1 Å². The van der Waals surface area contributed by atoms with Crippen molar-refractivity contribution < 1.29 is 26.4 Å². The number of amides is 1. The number of alkyl halides is 3. The summed E-state index contributed by atoms with van der Waals surface area (Å²) in [5.74, 6) is 0.481. The standard InChI is InChI=1S/C23H27F3N2O3S2/c1-27(33(2,30)31)21-9-5-4-8-19(21)22(29)28-14-12-17-16-18(10-11-20(17)28)32-15-7-3-6-13-23(24,25)26/h4-5,8-11,16H,3,6-7,12-15H2,1-2H3. The molecule has 2 aromatic rings. The Hall–Kier alpha value is -2.20. The number of hydrogen-bond acceptors (Lipinski definition) is 4. The van der Waals surface area contributed by atoms with E-state index in [1.807, 2.05) is 18.2 Å². The SMILES string of the molecule is CN(c1ccccc1C(=O)N1CCc2cc(SCCCCCC(F)(F)F)ccc21)S(C)(=O)=O. The molecular formula is C23H27F3N2O3S2. The summed E-state index contributed by atoms with van der Waals surface area (Å²) in [6, 6.07) is 12.5. The third kappa shape index (κ3) is 6.66. The molecule has 0 atom stereocenters. The molecule has 0 aliphatic carbocycles. The van der Waals surface area contributed by atoms with Gasteiger partial charge in [-0.3, -0.25) is 9.10 Å². The van der Waals surface area contributed by atoms with Gasteiger partial charge in [0.05, 0.1) is 17.5 Å². The molecule has 0 aromatic heterocycles. The fraction of sp³-hybridized carbons (Fsp3) is 0.435. The number of para-hydroxylation sites is 1. The van der Waals surface area contributed by atoms with Crippen LogP contribution in [0.2, 0.25) is 0 Å². The van der Waals surface area contributed by atoms with Crippen molar-refractivity contribution in [3.63, 3.8) is 0 Å². The molecule has 1 aliphatic heterocycles. The van der Waals surface area contributed by atoms with Gasteiger partial charge in [0.15, 0.2) is 0 Å². The van der Waals surface area contributed by atoms with Crippen LogP contribution >= 0.6 is 11.8 Å². The Morgan fingerprint density at radius 1 is 1.12 bits per heavy atom. The van der Waals surface area contributed by atoms with Crippen LogP contribution in [0.3, 0.4) is 0 Å². The van der Waals surface area contributed by atoms with Gasteiger partial charge in [0.25, 0.3) is 5.91 Å².